The largest absolute Gasteiger partial charge is 0.496 e. The number of rotatable bonds is 7. The number of nitro groups is 1. The molecule has 1 unspecified atom stereocenters. The highest BCUT2D eigenvalue weighted by molar-refractivity contribution is 5.97. The van der Waals surface area contributed by atoms with Crippen molar-refractivity contribution in [2.24, 2.45) is 0 Å². The molecule has 0 aliphatic carbocycles. The van der Waals surface area contributed by atoms with Crippen LogP contribution in [0.25, 0.3) is 0 Å². The van der Waals surface area contributed by atoms with Crippen molar-refractivity contribution in [3.8, 4) is 5.75 Å². The molecule has 0 fully saturated rings. The van der Waals surface area contributed by atoms with Gasteiger partial charge < -0.3 is 10.1 Å². The van der Waals surface area contributed by atoms with E-state index in [9.17, 15) is 19.7 Å². The van der Waals surface area contributed by atoms with Crippen molar-refractivity contribution >= 4 is 17.4 Å². The van der Waals surface area contributed by atoms with Crippen molar-refractivity contribution in [2.45, 2.75) is 19.4 Å². The number of Topliss-reactive ketones (excluding diaryl/α,β-unsaturated/α-hetero) is 1. The molecule has 0 aliphatic heterocycles. The molecule has 7 nitrogen and oxygen atoms in total. The van der Waals surface area contributed by atoms with E-state index in [0.717, 1.165) is 0 Å². The van der Waals surface area contributed by atoms with E-state index in [1.807, 2.05) is 0 Å². The molecular formula is C18H18N2O5. The van der Waals surface area contributed by atoms with Crippen LogP contribution >= 0.6 is 0 Å². The molecule has 0 aliphatic rings. The van der Waals surface area contributed by atoms with Gasteiger partial charge in [0, 0.05) is 36.6 Å². The summed E-state index contributed by atoms with van der Waals surface area (Å²) in [5.41, 5.74) is 0.950. The molecule has 130 valence electrons. The molecule has 2 aromatic rings. The number of hydrogen-bond acceptors (Lipinski definition) is 5. The Morgan fingerprint density at radius 2 is 1.80 bits per heavy atom. The van der Waals surface area contributed by atoms with Crippen LogP contribution in [0.2, 0.25) is 0 Å². The number of nitrogens with zero attached hydrogens (tertiary/aromatic N) is 1. The van der Waals surface area contributed by atoms with Crippen LogP contribution in [0.1, 0.15) is 35.3 Å². The Morgan fingerprint density at radius 3 is 2.36 bits per heavy atom. The monoisotopic (exact) mass is 342 g/mol. The minimum Gasteiger partial charge on any atom is -0.496 e. The van der Waals surface area contributed by atoms with Gasteiger partial charge in [0.25, 0.3) is 5.69 Å². The summed E-state index contributed by atoms with van der Waals surface area (Å²) in [4.78, 5) is 34.2. The summed E-state index contributed by atoms with van der Waals surface area (Å²) in [6, 6.07) is 11.9. The Labute approximate surface area is 144 Å². The van der Waals surface area contributed by atoms with E-state index in [4.69, 9.17) is 4.74 Å². The molecule has 1 amide bonds. The van der Waals surface area contributed by atoms with Crippen molar-refractivity contribution in [3.05, 3.63) is 69.8 Å². The molecule has 0 heterocycles. The normalized spacial score (nSPS) is 11.4. The van der Waals surface area contributed by atoms with Crippen LogP contribution in [0.15, 0.2) is 48.5 Å². The second-order valence-corrected chi connectivity index (χ2v) is 5.43. The lowest BCUT2D eigenvalue weighted by atomic mass is 9.97. The van der Waals surface area contributed by atoms with Crippen molar-refractivity contribution in [2.75, 3.05) is 7.11 Å². The number of benzene rings is 2. The highest BCUT2D eigenvalue weighted by atomic mass is 16.6. The van der Waals surface area contributed by atoms with Crippen molar-refractivity contribution in [1.29, 1.82) is 0 Å². The quantitative estimate of drug-likeness (QED) is 0.474. The molecule has 0 saturated carbocycles. The van der Waals surface area contributed by atoms with E-state index < -0.39 is 11.0 Å². The minimum atomic E-state index is -0.559. The number of carbonyl (C=O) groups is 2. The fourth-order valence-electron chi connectivity index (χ4n) is 2.51. The number of hydrogen-bond donors (Lipinski definition) is 1. The molecule has 0 bridgehead atoms. The van der Waals surface area contributed by atoms with Gasteiger partial charge in [0.2, 0.25) is 5.91 Å². The summed E-state index contributed by atoms with van der Waals surface area (Å²) in [6.07, 6.45) is 0.0117. The van der Waals surface area contributed by atoms with Crippen LogP contribution in [0.3, 0.4) is 0 Å². The Balaban J connectivity index is 2.25. The maximum atomic E-state index is 12.5. The zero-order valence-corrected chi connectivity index (χ0v) is 13.9. The third-order valence-corrected chi connectivity index (χ3v) is 3.68. The smallest absolute Gasteiger partial charge is 0.269 e. The van der Waals surface area contributed by atoms with E-state index in [1.54, 1.807) is 24.3 Å². The number of amides is 1. The van der Waals surface area contributed by atoms with Gasteiger partial charge in [-0.05, 0) is 18.2 Å². The van der Waals surface area contributed by atoms with E-state index >= 15 is 0 Å². The third kappa shape index (κ3) is 4.63. The molecule has 1 N–H and O–H groups in total. The molecule has 0 radical (unpaired) electrons. The Hall–Kier alpha value is -3.22. The van der Waals surface area contributed by atoms with Crippen LogP contribution < -0.4 is 10.1 Å². The van der Waals surface area contributed by atoms with E-state index in [1.165, 1.54) is 38.3 Å². The molecule has 2 aromatic carbocycles. The van der Waals surface area contributed by atoms with Gasteiger partial charge in [-0.2, -0.15) is 0 Å². The molecule has 0 saturated heterocycles. The predicted molar refractivity (Wildman–Crippen MR) is 91.6 cm³/mol. The second kappa shape index (κ2) is 8.05. The number of ether oxygens (including phenoxy) is 1. The maximum absolute atomic E-state index is 12.5. The topological polar surface area (TPSA) is 98.5 Å². The summed E-state index contributed by atoms with van der Waals surface area (Å²) in [5.74, 6) is 0.0599. The second-order valence-electron chi connectivity index (χ2n) is 5.43. The first-order valence-corrected chi connectivity index (χ1v) is 7.60. The van der Waals surface area contributed by atoms with Gasteiger partial charge in [0.05, 0.1) is 18.1 Å². The molecular weight excluding hydrogens is 324 g/mol. The van der Waals surface area contributed by atoms with E-state index in [-0.39, 0.29) is 23.8 Å². The fourth-order valence-corrected chi connectivity index (χ4v) is 2.51. The fraction of sp³-hybridized carbons (Fsp3) is 0.222. The van der Waals surface area contributed by atoms with Gasteiger partial charge in [-0.1, -0.05) is 18.2 Å². The molecule has 7 heteroatoms. The van der Waals surface area contributed by atoms with Crippen LogP contribution in [0, 0.1) is 10.1 Å². The number of ketones is 1. The van der Waals surface area contributed by atoms with Crippen LogP contribution in [0.4, 0.5) is 5.69 Å². The Morgan fingerprint density at radius 1 is 1.16 bits per heavy atom. The molecule has 0 aromatic heterocycles. The summed E-state index contributed by atoms with van der Waals surface area (Å²) in [6.45, 7) is 1.37. The van der Waals surface area contributed by atoms with Crippen LogP contribution in [0.5, 0.6) is 5.75 Å². The number of non-ortho nitro benzene ring substituents is 1. The highest BCUT2D eigenvalue weighted by Crippen LogP contribution is 2.28. The summed E-state index contributed by atoms with van der Waals surface area (Å²) in [5, 5.41) is 13.4. The average molecular weight is 342 g/mol. The van der Waals surface area contributed by atoms with Gasteiger partial charge >= 0.3 is 0 Å². The zero-order chi connectivity index (χ0) is 18.4. The lowest BCUT2D eigenvalue weighted by molar-refractivity contribution is -0.384. The average Bonchev–Trinajstić information content (AvgIpc) is 2.60. The Kier molecular flexibility index (Phi) is 5.84. The first-order valence-electron chi connectivity index (χ1n) is 7.60. The summed E-state index contributed by atoms with van der Waals surface area (Å²) < 4.78 is 5.30. The highest BCUT2D eigenvalue weighted by Gasteiger charge is 2.21. The number of carbonyl (C=O) groups excluding carboxylic acids is 2. The molecule has 2 rings (SSSR count). The van der Waals surface area contributed by atoms with E-state index in [0.29, 0.717) is 16.9 Å². The predicted octanol–water partition coefficient (Wildman–Crippen LogP) is 3.05. The van der Waals surface area contributed by atoms with Gasteiger partial charge in [-0.3, -0.25) is 19.7 Å². The summed E-state index contributed by atoms with van der Waals surface area (Å²) in [7, 11) is 1.52. The number of methoxy groups -OCH3 is 1. The molecule has 1 atom stereocenters. The van der Waals surface area contributed by atoms with Crippen molar-refractivity contribution in [1.82, 2.24) is 5.32 Å². The van der Waals surface area contributed by atoms with E-state index in [2.05, 4.69) is 5.32 Å². The first kappa shape index (κ1) is 18.1. The number of para-hydroxylation sites is 1. The molecule has 25 heavy (non-hydrogen) atoms. The lowest BCUT2D eigenvalue weighted by Gasteiger charge is -2.20. The number of nitrogens with one attached hydrogen (secondary N) is 1. The van der Waals surface area contributed by atoms with Gasteiger partial charge in [0.15, 0.2) is 5.78 Å². The maximum Gasteiger partial charge on any atom is 0.269 e. The lowest BCUT2D eigenvalue weighted by Crippen LogP contribution is -2.28. The Bertz CT molecular complexity index is 786. The van der Waals surface area contributed by atoms with Gasteiger partial charge in [0.1, 0.15) is 5.75 Å². The van der Waals surface area contributed by atoms with Crippen LogP contribution in [-0.4, -0.2) is 23.7 Å². The number of nitro benzene ring substituents is 1. The third-order valence-electron chi connectivity index (χ3n) is 3.68. The molecule has 0 spiro atoms. The van der Waals surface area contributed by atoms with Crippen LogP contribution in [-0.2, 0) is 4.79 Å². The minimum absolute atomic E-state index is 0.0117. The van der Waals surface area contributed by atoms with Crippen molar-refractivity contribution < 1.29 is 19.2 Å². The van der Waals surface area contributed by atoms with Crippen molar-refractivity contribution in [3.63, 3.8) is 0 Å². The zero-order valence-electron chi connectivity index (χ0n) is 13.9. The SMILES string of the molecule is COc1ccccc1C(CC(=O)c1ccc([N+](=O)[O-])cc1)NC(C)=O. The standard InChI is InChI=1S/C18H18N2O5/c1-12(21)19-16(15-5-3-4-6-18(15)25-2)11-17(22)13-7-9-14(10-8-13)20(23)24/h3-10,16H,11H2,1-2H3,(H,19,21). The summed E-state index contributed by atoms with van der Waals surface area (Å²) >= 11 is 0. The first-order chi connectivity index (χ1) is 11.9. The van der Waals surface area contributed by atoms with Gasteiger partial charge in [-0.15, -0.1) is 0 Å². The van der Waals surface area contributed by atoms with Gasteiger partial charge in [-0.25, -0.2) is 0 Å².